The molecular formula is C17H28N2O. The molecule has 2 unspecified atom stereocenters. The third-order valence-corrected chi connectivity index (χ3v) is 4.47. The van der Waals surface area contributed by atoms with Gasteiger partial charge in [-0.05, 0) is 44.8 Å². The SMILES string of the molecule is CNC(CCN1CCCCC1CCO)c1ccccc1. The zero-order valence-electron chi connectivity index (χ0n) is 12.6. The van der Waals surface area contributed by atoms with E-state index in [4.69, 9.17) is 0 Å². The van der Waals surface area contributed by atoms with Crippen molar-refractivity contribution in [3.63, 3.8) is 0 Å². The zero-order chi connectivity index (χ0) is 14.2. The maximum atomic E-state index is 9.20. The number of benzene rings is 1. The average Bonchev–Trinajstić information content (AvgIpc) is 2.51. The molecule has 0 radical (unpaired) electrons. The van der Waals surface area contributed by atoms with Gasteiger partial charge in [-0.1, -0.05) is 36.8 Å². The van der Waals surface area contributed by atoms with E-state index >= 15 is 0 Å². The Labute approximate surface area is 123 Å². The van der Waals surface area contributed by atoms with Crippen LogP contribution in [0.25, 0.3) is 0 Å². The van der Waals surface area contributed by atoms with E-state index in [9.17, 15) is 5.11 Å². The molecule has 1 fully saturated rings. The van der Waals surface area contributed by atoms with E-state index < -0.39 is 0 Å². The lowest BCUT2D eigenvalue weighted by Gasteiger charge is -2.36. The van der Waals surface area contributed by atoms with Crippen molar-refractivity contribution >= 4 is 0 Å². The Balaban J connectivity index is 1.88. The third kappa shape index (κ3) is 4.30. The highest BCUT2D eigenvalue weighted by molar-refractivity contribution is 5.18. The number of rotatable bonds is 7. The first-order chi connectivity index (χ1) is 9.85. The predicted molar refractivity (Wildman–Crippen MR) is 83.8 cm³/mol. The Bertz CT molecular complexity index is 367. The predicted octanol–water partition coefficient (Wildman–Crippen LogP) is 2.57. The van der Waals surface area contributed by atoms with Gasteiger partial charge in [0, 0.05) is 25.2 Å². The summed E-state index contributed by atoms with van der Waals surface area (Å²) >= 11 is 0. The first kappa shape index (κ1) is 15.5. The molecule has 1 aliphatic rings. The van der Waals surface area contributed by atoms with Gasteiger partial charge in [0.25, 0.3) is 0 Å². The van der Waals surface area contributed by atoms with Crippen LogP contribution in [0.5, 0.6) is 0 Å². The van der Waals surface area contributed by atoms with Crippen LogP contribution in [0.3, 0.4) is 0 Å². The van der Waals surface area contributed by atoms with E-state index in [0.29, 0.717) is 18.7 Å². The summed E-state index contributed by atoms with van der Waals surface area (Å²) < 4.78 is 0. The molecule has 3 nitrogen and oxygen atoms in total. The second-order valence-corrected chi connectivity index (χ2v) is 5.74. The quantitative estimate of drug-likeness (QED) is 0.803. The molecule has 20 heavy (non-hydrogen) atoms. The van der Waals surface area contributed by atoms with Crippen molar-refractivity contribution in [1.82, 2.24) is 10.2 Å². The van der Waals surface area contributed by atoms with Gasteiger partial charge in [-0.25, -0.2) is 0 Å². The smallest absolute Gasteiger partial charge is 0.0445 e. The molecule has 1 heterocycles. The van der Waals surface area contributed by atoms with E-state index in [1.807, 2.05) is 7.05 Å². The summed E-state index contributed by atoms with van der Waals surface area (Å²) in [5.41, 5.74) is 1.37. The number of nitrogens with one attached hydrogen (secondary N) is 1. The largest absolute Gasteiger partial charge is 0.396 e. The Morgan fingerprint density at radius 1 is 1.30 bits per heavy atom. The lowest BCUT2D eigenvalue weighted by molar-refractivity contribution is 0.114. The number of aliphatic hydroxyl groups is 1. The van der Waals surface area contributed by atoms with Crippen molar-refractivity contribution in [2.24, 2.45) is 0 Å². The fourth-order valence-corrected chi connectivity index (χ4v) is 3.29. The minimum absolute atomic E-state index is 0.315. The second kappa shape index (κ2) is 8.40. The molecule has 1 aromatic carbocycles. The average molecular weight is 276 g/mol. The molecule has 2 N–H and O–H groups in total. The lowest BCUT2D eigenvalue weighted by atomic mass is 9.97. The summed E-state index contributed by atoms with van der Waals surface area (Å²) in [6.45, 7) is 2.62. The fraction of sp³-hybridized carbons (Fsp3) is 0.647. The number of likely N-dealkylation sites (tertiary alicyclic amines) is 1. The highest BCUT2D eigenvalue weighted by atomic mass is 16.3. The van der Waals surface area contributed by atoms with Crippen LogP contribution < -0.4 is 5.32 Å². The van der Waals surface area contributed by atoms with Crippen LogP contribution in [0.15, 0.2) is 30.3 Å². The molecular weight excluding hydrogens is 248 g/mol. The summed E-state index contributed by atoms with van der Waals surface area (Å²) in [5.74, 6) is 0. The van der Waals surface area contributed by atoms with Crippen molar-refractivity contribution in [2.45, 2.75) is 44.2 Å². The van der Waals surface area contributed by atoms with E-state index in [0.717, 1.165) is 19.4 Å². The summed E-state index contributed by atoms with van der Waals surface area (Å²) in [6.07, 6.45) is 5.92. The topological polar surface area (TPSA) is 35.5 Å². The molecule has 2 atom stereocenters. The number of nitrogens with zero attached hydrogens (tertiary/aromatic N) is 1. The summed E-state index contributed by atoms with van der Waals surface area (Å²) in [5, 5.41) is 12.6. The van der Waals surface area contributed by atoms with Gasteiger partial charge >= 0.3 is 0 Å². The molecule has 1 aromatic rings. The molecule has 0 bridgehead atoms. The molecule has 3 heteroatoms. The van der Waals surface area contributed by atoms with E-state index in [1.165, 1.54) is 31.4 Å². The van der Waals surface area contributed by atoms with Gasteiger partial charge in [0.1, 0.15) is 0 Å². The van der Waals surface area contributed by atoms with Crippen molar-refractivity contribution in [3.8, 4) is 0 Å². The summed E-state index contributed by atoms with van der Waals surface area (Å²) in [4.78, 5) is 2.58. The van der Waals surface area contributed by atoms with Crippen molar-refractivity contribution in [1.29, 1.82) is 0 Å². The van der Waals surface area contributed by atoms with Crippen molar-refractivity contribution in [2.75, 3.05) is 26.7 Å². The Morgan fingerprint density at radius 2 is 2.10 bits per heavy atom. The number of piperidine rings is 1. The molecule has 2 rings (SSSR count). The van der Waals surface area contributed by atoms with E-state index in [2.05, 4.69) is 40.5 Å². The van der Waals surface area contributed by atoms with Gasteiger partial charge in [0.15, 0.2) is 0 Å². The molecule has 1 saturated heterocycles. The van der Waals surface area contributed by atoms with Crippen LogP contribution in [0.2, 0.25) is 0 Å². The fourth-order valence-electron chi connectivity index (χ4n) is 3.29. The van der Waals surface area contributed by atoms with Gasteiger partial charge in [0.05, 0.1) is 0 Å². The molecule has 0 amide bonds. The van der Waals surface area contributed by atoms with Crippen LogP contribution in [0, 0.1) is 0 Å². The van der Waals surface area contributed by atoms with Crippen molar-refractivity contribution < 1.29 is 5.11 Å². The van der Waals surface area contributed by atoms with Gasteiger partial charge in [-0.3, -0.25) is 0 Å². The van der Waals surface area contributed by atoms with Crippen LogP contribution in [-0.2, 0) is 0 Å². The van der Waals surface area contributed by atoms with Crippen LogP contribution >= 0.6 is 0 Å². The minimum atomic E-state index is 0.315. The maximum absolute atomic E-state index is 9.20. The summed E-state index contributed by atoms with van der Waals surface area (Å²) in [7, 11) is 2.04. The van der Waals surface area contributed by atoms with E-state index in [1.54, 1.807) is 0 Å². The van der Waals surface area contributed by atoms with Gasteiger partial charge in [-0.15, -0.1) is 0 Å². The number of aliphatic hydroxyl groups excluding tert-OH is 1. The van der Waals surface area contributed by atoms with Crippen LogP contribution in [-0.4, -0.2) is 42.8 Å². The molecule has 112 valence electrons. The highest BCUT2D eigenvalue weighted by Gasteiger charge is 2.22. The van der Waals surface area contributed by atoms with E-state index in [-0.39, 0.29) is 0 Å². The minimum Gasteiger partial charge on any atom is -0.396 e. The highest BCUT2D eigenvalue weighted by Crippen LogP contribution is 2.22. The maximum Gasteiger partial charge on any atom is 0.0445 e. The summed E-state index contributed by atoms with van der Waals surface area (Å²) in [6, 6.07) is 11.7. The van der Waals surface area contributed by atoms with Gasteiger partial charge in [0.2, 0.25) is 0 Å². The Kier molecular flexibility index (Phi) is 6.51. The Morgan fingerprint density at radius 3 is 2.80 bits per heavy atom. The molecule has 1 aliphatic heterocycles. The normalized spacial score (nSPS) is 21.8. The molecule has 0 aliphatic carbocycles. The molecule has 0 aromatic heterocycles. The number of hydrogen-bond donors (Lipinski definition) is 2. The lowest BCUT2D eigenvalue weighted by Crippen LogP contribution is -2.41. The monoisotopic (exact) mass is 276 g/mol. The standard InChI is InChI=1S/C17H28N2O/c1-18-17(15-7-3-2-4-8-15)10-13-19-12-6-5-9-16(19)11-14-20/h2-4,7-8,16-18,20H,5-6,9-14H2,1H3. The van der Waals surface area contributed by atoms with Crippen LogP contribution in [0.4, 0.5) is 0 Å². The Hall–Kier alpha value is -0.900. The molecule has 0 saturated carbocycles. The van der Waals surface area contributed by atoms with Gasteiger partial charge < -0.3 is 15.3 Å². The first-order valence-corrected chi connectivity index (χ1v) is 7.92. The molecule has 0 spiro atoms. The van der Waals surface area contributed by atoms with Crippen LogP contribution in [0.1, 0.15) is 43.7 Å². The third-order valence-electron chi connectivity index (χ3n) is 4.47. The first-order valence-electron chi connectivity index (χ1n) is 7.92. The zero-order valence-corrected chi connectivity index (χ0v) is 12.6. The van der Waals surface area contributed by atoms with Crippen molar-refractivity contribution in [3.05, 3.63) is 35.9 Å². The van der Waals surface area contributed by atoms with Gasteiger partial charge in [-0.2, -0.15) is 0 Å². The second-order valence-electron chi connectivity index (χ2n) is 5.74. The number of hydrogen-bond acceptors (Lipinski definition) is 3.